The molecule has 44 heavy (non-hydrogen) atoms. The molecular weight excluding hydrogens is 556 g/mol. The molecular formula is C35H54N4O5. The summed E-state index contributed by atoms with van der Waals surface area (Å²) in [5, 5.41) is 11.6. The van der Waals surface area contributed by atoms with E-state index in [0.29, 0.717) is 43.9 Å². The van der Waals surface area contributed by atoms with Crippen molar-refractivity contribution in [2.24, 2.45) is 0 Å². The minimum Gasteiger partial charge on any atom is -0.497 e. The fraction of sp³-hybridized carbons (Fsp3) is 0.571. The van der Waals surface area contributed by atoms with Crippen molar-refractivity contribution in [2.75, 3.05) is 32.1 Å². The Morgan fingerprint density at radius 3 is 1.95 bits per heavy atom. The molecule has 2 aromatic carbocycles. The lowest BCUT2D eigenvalue weighted by molar-refractivity contribution is -0.127. The van der Waals surface area contributed by atoms with Crippen LogP contribution in [0.5, 0.6) is 11.5 Å². The standard InChI is InChI=1S/C35H54N4O5/c1-4-5-6-7-8-9-10-11-12-13-25-36-33(41)15-14-27-44-32-22-18-30(19-23-32)39-34(38-28(2)40)35(42)37-26-24-29-16-20-31(43-3)21-17-29/h16-23,34,39H,4-15,24-27H2,1-3H3,(H,36,41)(H,37,42)(H,38,40). The van der Waals surface area contributed by atoms with Crippen molar-refractivity contribution < 1.29 is 23.9 Å². The van der Waals surface area contributed by atoms with Crippen LogP contribution in [0, 0.1) is 0 Å². The molecule has 1 atom stereocenters. The average molecular weight is 611 g/mol. The summed E-state index contributed by atoms with van der Waals surface area (Å²) >= 11 is 0. The normalized spacial score (nSPS) is 11.3. The van der Waals surface area contributed by atoms with Crippen LogP contribution in [0.2, 0.25) is 0 Å². The predicted octanol–water partition coefficient (Wildman–Crippen LogP) is 6.12. The maximum absolute atomic E-state index is 12.8. The van der Waals surface area contributed by atoms with E-state index >= 15 is 0 Å². The molecule has 2 rings (SSSR count). The number of amides is 3. The van der Waals surface area contributed by atoms with Gasteiger partial charge in [-0.2, -0.15) is 0 Å². The molecule has 244 valence electrons. The van der Waals surface area contributed by atoms with Crippen LogP contribution in [0.25, 0.3) is 0 Å². The van der Waals surface area contributed by atoms with Gasteiger partial charge in [0.15, 0.2) is 6.17 Å². The zero-order valence-corrected chi connectivity index (χ0v) is 27.1. The Hall–Kier alpha value is -3.75. The molecule has 0 fully saturated rings. The topological polar surface area (TPSA) is 118 Å². The first-order chi connectivity index (χ1) is 21.4. The monoisotopic (exact) mass is 610 g/mol. The van der Waals surface area contributed by atoms with Gasteiger partial charge in [0.2, 0.25) is 11.8 Å². The van der Waals surface area contributed by atoms with Gasteiger partial charge in [-0.1, -0.05) is 76.8 Å². The molecule has 0 bridgehead atoms. The summed E-state index contributed by atoms with van der Waals surface area (Å²) in [5.41, 5.74) is 1.73. The fourth-order valence-electron chi connectivity index (χ4n) is 4.76. The highest BCUT2D eigenvalue weighted by atomic mass is 16.5. The first-order valence-corrected chi connectivity index (χ1v) is 16.3. The van der Waals surface area contributed by atoms with Crippen molar-refractivity contribution in [2.45, 2.75) is 103 Å². The van der Waals surface area contributed by atoms with Crippen LogP contribution in [0.1, 0.15) is 96.5 Å². The highest BCUT2D eigenvalue weighted by Gasteiger charge is 2.19. The largest absolute Gasteiger partial charge is 0.497 e. The summed E-state index contributed by atoms with van der Waals surface area (Å²) < 4.78 is 11.0. The Bertz CT molecular complexity index is 1080. The number of carbonyl (C=O) groups excluding carboxylic acids is 3. The number of carbonyl (C=O) groups is 3. The van der Waals surface area contributed by atoms with E-state index in [1.165, 1.54) is 64.7 Å². The third kappa shape index (κ3) is 16.8. The van der Waals surface area contributed by atoms with Crippen LogP contribution in [0.4, 0.5) is 5.69 Å². The lowest BCUT2D eigenvalue weighted by atomic mass is 10.1. The minimum atomic E-state index is -0.922. The Balaban J connectivity index is 1.60. The summed E-state index contributed by atoms with van der Waals surface area (Å²) in [6.07, 6.45) is 13.6. The van der Waals surface area contributed by atoms with Crippen LogP contribution in [-0.2, 0) is 20.8 Å². The molecule has 0 saturated carbocycles. The second-order valence-corrected chi connectivity index (χ2v) is 11.2. The molecule has 0 aliphatic heterocycles. The maximum atomic E-state index is 12.8. The zero-order chi connectivity index (χ0) is 31.8. The Morgan fingerprint density at radius 1 is 0.727 bits per heavy atom. The maximum Gasteiger partial charge on any atom is 0.263 e. The molecule has 0 aliphatic rings. The Morgan fingerprint density at radius 2 is 1.34 bits per heavy atom. The number of hydrogen-bond donors (Lipinski definition) is 4. The summed E-state index contributed by atoms with van der Waals surface area (Å²) in [5.74, 6) is 0.860. The minimum absolute atomic E-state index is 0.0651. The second-order valence-electron chi connectivity index (χ2n) is 11.2. The number of benzene rings is 2. The molecule has 1 unspecified atom stereocenters. The van der Waals surface area contributed by atoms with E-state index in [9.17, 15) is 14.4 Å². The highest BCUT2D eigenvalue weighted by Crippen LogP contribution is 2.17. The van der Waals surface area contributed by atoms with E-state index in [-0.39, 0.29) is 17.7 Å². The highest BCUT2D eigenvalue weighted by molar-refractivity contribution is 5.88. The van der Waals surface area contributed by atoms with Crippen LogP contribution in [0.3, 0.4) is 0 Å². The van der Waals surface area contributed by atoms with Crippen LogP contribution >= 0.6 is 0 Å². The van der Waals surface area contributed by atoms with E-state index in [0.717, 1.165) is 24.3 Å². The lowest BCUT2D eigenvalue weighted by Gasteiger charge is -2.20. The van der Waals surface area contributed by atoms with Gasteiger partial charge in [-0.15, -0.1) is 0 Å². The number of ether oxygens (including phenoxy) is 2. The van der Waals surface area contributed by atoms with Crippen molar-refractivity contribution >= 4 is 23.4 Å². The van der Waals surface area contributed by atoms with Gasteiger partial charge in [-0.05, 0) is 61.2 Å². The quantitative estimate of drug-likeness (QED) is 0.0840. The number of anilines is 1. The van der Waals surface area contributed by atoms with E-state index in [2.05, 4.69) is 28.2 Å². The third-order valence-electron chi connectivity index (χ3n) is 7.32. The van der Waals surface area contributed by atoms with Crippen molar-refractivity contribution in [1.82, 2.24) is 16.0 Å². The molecule has 9 nitrogen and oxygen atoms in total. The fourth-order valence-corrected chi connectivity index (χ4v) is 4.76. The summed E-state index contributed by atoms with van der Waals surface area (Å²) in [7, 11) is 1.62. The van der Waals surface area contributed by atoms with Crippen molar-refractivity contribution in [3.8, 4) is 11.5 Å². The van der Waals surface area contributed by atoms with Gasteiger partial charge in [-0.3, -0.25) is 14.4 Å². The van der Waals surface area contributed by atoms with Gasteiger partial charge in [0, 0.05) is 32.1 Å². The first-order valence-electron chi connectivity index (χ1n) is 16.3. The average Bonchev–Trinajstić information content (AvgIpc) is 3.02. The van der Waals surface area contributed by atoms with Gasteiger partial charge in [0.1, 0.15) is 11.5 Å². The van der Waals surface area contributed by atoms with Gasteiger partial charge in [0.25, 0.3) is 5.91 Å². The summed E-state index contributed by atoms with van der Waals surface area (Å²) in [6, 6.07) is 14.8. The van der Waals surface area contributed by atoms with E-state index < -0.39 is 6.17 Å². The first kappa shape index (κ1) is 36.4. The molecule has 0 saturated heterocycles. The molecule has 3 amide bonds. The van der Waals surface area contributed by atoms with Gasteiger partial charge >= 0.3 is 0 Å². The molecule has 0 aliphatic carbocycles. The summed E-state index contributed by atoms with van der Waals surface area (Å²) in [6.45, 7) is 5.22. The SMILES string of the molecule is CCCCCCCCCCCCNC(=O)CCCOc1ccc(NC(NC(C)=O)C(=O)NCCc2ccc(OC)cc2)cc1. The number of hydrogen-bond acceptors (Lipinski definition) is 6. The lowest BCUT2D eigenvalue weighted by Crippen LogP contribution is -2.51. The zero-order valence-electron chi connectivity index (χ0n) is 27.1. The number of unbranched alkanes of at least 4 members (excludes halogenated alkanes) is 9. The van der Waals surface area contributed by atoms with Gasteiger partial charge < -0.3 is 30.7 Å². The smallest absolute Gasteiger partial charge is 0.263 e. The molecule has 0 radical (unpaired) electrons. The van der Waals surface area contributed by atoms with Crippen molar-refractivity contribution in [1.29, 1.82) is 0 Å². The van der Waals surface area contributed by atoms with E-state index in [1.54, 1.807) is 31.4 Å². The number of methoxy groups -OCH3 is 1. The number of rotatable bonds is 24. The second kappa shape index (κ2) is 22.7. The Kier molecular flexibility index (Phi) is 18.8. The number of nitrogens with one attached hydrogen (secondary N) is 4. The van der Waals surface area contributed by atoms with E-state index in [4.69, 9.17) is 9.47 Å². The molecule has 4 N–H and O–H groups in total. The third-order valence-corrected chi connectivity index (χ3v) is 7.32. The van der Waals surface area contributed by atoms with Crippen molar-refractivity contribution in [3.05, 3.63) is 54.1 Å². The molecule has 0 spiro atoms. The predicted molar refractivity (Wildman–Crippen MR) is 177 cm³/mol. The van der Waals surface area contributed by atoms with Crippen LogP contribution in [-0.4, -0.2) is 50.7 Å². The van der Waals surface area contributed by atoms with Gasteiger partial charge in [-0.25, -0.2) is 0 Å². The molecule has 2 aromatic rings. The molecule has 0 aromatic heterocycles. The summed E-state index contributed by atoms with van der Waals surface area (Å²) in [4.78, 5) is 36.6. The van der Waals surface area contributed by atoms with E-state index in [1.807, 2.05) is 24.3 Å². The van der Waals surface area contributed by atoms with Crippen LogP contribution in [0.15, 0.2) is 48.5 Å². The molecule has 9 heteroatoms. The van der Waals surface area contributed by atoms with Crippen LogP contribution < -0.4 is 30.7 Å². The molecule has 0 heterocycles. The van der Waals surface area contributed by atoms with Gasteiger partial charge in [0.05, 0.1) is 13.7 Å². The van der Waals surface area contributed by atoms with Crippen molar-refractivity contribution in [3.63, 3.8) is 0 Å². The Labute approximate surface area is 264 Å².